The third kappa shape index (κ3) is 6.94. The second kappa shape index (κ2) is 14.6. The number of para-hydroxylation sites is 1. The second-order valence-corrected chi connectivity index (χ2v) is 15.0. The van der Waals surface area contributed by atoms with Crippen molar-refractivity contribution < 1.29 is 9.59 Å². The lowest BCUT2D eigenvalue weighted by atomic mass is 9.79. The first-order valence-corrected chi connectivity index (χ1v) is 18.7. The van der Waals surface area contributed by atoms with Gasteiger partial charge in [-0.3, -0.25) is 14.3 Å². The minimum Gasteiger partial charge on any atom is -0.397 e. The Kier molecular flexibility index (Phi) is 10.1. The standard InChI is InChI=1S/C38H49ClN8O3/c1-3-25-20-24(21-30(39)34(25)40)22-32(36(48)45-16-10-27(11-17-45)26-8-14-44(2)15-9-26)42-37(49)46-18-12-28(13-19-46)47-33-23-41-31-7-5-4-6-29(31)35(33)43-38(47)50/h4-7,20-21,23,26-28,32H,3,8-19,22,40H2,1-2H3,(H,42,49)(H,43,50)/t32-/m1/s1. The molecule has 3 saturated heterocycles. The number of nitrogen functional groups attached to an aromatic ring is 1. The molecule has 3 fully saturated rings. The van der Waals surface area contributed by atoms with E-state index < -0.39 is 6.04 Å². The van der Waals surface area contributed by atoms with Crippen LogP contribution in [0.5, 0.6) is 0 Å². The maximum atomic E-state index is 14.2. The number of nitrogens with two attached hydrogens (primary N) is 1. The number of H-pyrrole nitrogens is 1. The zero-order valence-electron chi connectivity index (χ0n) is 29.2. The van der Waals surface area contributed by atoms with Crippen LogP contribution in [0.15, 0.2) is 47.4 Å². The molecule has 4 N–H and O–H groups in total. The number of carbonyl (C=O) groups excluding carboxylic acids is 2. The van der Waals surface area contributed by atoms with Crippen molar-refractivity contribution in [3.05, 3.63) is 69.2 Å². The molecule has 0 bridgehead atoms. The van der Waals surface area contributed by atoms with Crippen LogP contribution < -0.4 is 16.7 Å². The first kappa shape index (κ1) is 34.4. The number of hydrogen-bond acceptors (Lipinski definition) is 6. The zero-order chi connectivity index (χ0) is 34.9. The van der Waals surface area contributed by atoms with Gasteiger partial charge >= 0.3 is 11.7 Å². The number of rotatable bonds is 7. The molecule has 12 heteroatoms. The Morgan fingerprint density at radius 1 is 0.980 bits per heavy atom. The van der Waals surface area contributed by atoms with Crippen molar-refractivity contribution in [2.75, 3.05) is 52.0 Å². The van der Waals surface area contributed by atoms with Gasteiger partial charge in [-0.25, -0.2) is 9.59 Å². The number of urea groups is 1. The van der Waals surface area contributed by atoms with Crippen LogP contribution in [0.1, 0.15) is 62.6 Å². The number of nitrogens with one attached hydrogen (secondary N) is 2. The van der Waals surface area contributed by atoms with E-state index in [9.17, 15) is 14.4 Å². The molecule has 3 aliphatic rings. The number of imidazole rings is 1. The molecule has 2 aromatic heterocycles. The molecule has 4 aromatic rings. The van der Waals surface area contributed by atoms with Crippen LogP contribution in [0.25, 0.3) is 21.9 Å². The van der Waals surface area contributed by atoms with Gasteiger partial charge in [-0.05, 0) is 100 Å². The number of piperidine rings is 3. The van der Waals surface area contributed by atoms with Gasteiger partial charge in [0.25, 0.3) is 0 Å². The highest BCUT2D eigenvalue weighted by molar-refractivity contribution is 6.33. The number of pyridine rings is 1. The number of amides is 3. The van der Waals surface area contributed by atoms with Crippen molar-refractivity contribution >= 4 is 51.2 Å². The van der Waals surface area contributed by atoms with Gasteiger partial charge in [0.15, 0.2) is 0 Å². The number of fused-ring (bicyclic) bond motifs is 3. The largest absolute Gasteiger partial charge is 0.397 e. The number of carbonyl (C=O) groups is 2. The molecule has 0 aliphatic carbocycles. The number of likely N-dealkylation sites (tertiary alicyclic amines) is 3. The summed E-state index contributed by atoms with van der Waals surface area (Å²) < 4.78 is 1.79. The van der Waals surface area contributed by atoms with Crippen molar-refractivity contribution in [3.8, 4) is 0 Å². The Morgan fingerprint density at radius 2 is 1.64 bits per heavy atom. The molecule has 5 heterocycles. The average Bonchev–Trinajstić information content (AvgIpc) is 3.49. The summed E-state index contributed by atoms with van der Waals surface area (Å²) in [5, 5.41) is 4.50. The van der Waals surface area contributed by atoms with Gasteiger partial charge < -0.3 is 30.7 Å². The van der Waals surface area contributed by atoms with Gasteiger partial charge in [-0.15, -0.1) is 0 Å². The summed E-state index contributed by atoms with van der Waals surface area (Å²) in [6, 6.07) is 10.5. The Bertz CT molecular complexity index is 1920. The lowest BCUT2D eigenvalue weighted by Gasteiger charge is -2.40. The molecule has 0 unspecified atom stereocenters. The van der Waals surface area contributed by atoms with E-state index in [-0.39, 0.29) is 23.7 Å². The summed E-state index contributed by atoms with van der Waals surface area (Å²) in [5.74, 6) is 1.32. The van der Waals surface area contributed by atoms with E-state index in [4.69, 9.17) is 17.3 Å². The Balaban J connectivity index is 1.04. The quantitative estimate of drug-likeness (QED) is 0.227. The Labute approximate surface area is 298 Å². The lowest BCUT2D eigenvalue weighted by molar-refractivity contribution is -0.135. The van der Waals surface area contributed by atoms with Crippen LogP contribution in [0.2, 0.25) is 5.02 Å². The van der Waals surface area contributed by atoms with Crippen LogP contribution in [0, 0.1) is 11.8 Å². The van der Waals surface area contributed by atoms with Gasteiger partial charge in [0, 0.05) is 44.0 Å². The molecule has 266 valence electrons. The number of aromatic amines is 1. The molecular formula is C38H49ClN8O3. The highest BCUT2D eigenvalue weighted by atomic mass is 35.5. The van der Waals surface area contributed by atoms with Gasteiger partial charge in [-0.2, -0.15) is 0 Å². The van der Waals surface area contributed by atoms with E-state index in [1.807, 2.05) is 48.2 Å². The van der Waals surface area contributed by atoms with Crippen molar-refractivity contribution in [3.63, 3.8) is 0 Å². The molecule has 2 aromatic carbocycles. The predicted octanol–water partition coefficient (Wildman–Crippen LogP) is 5.21. The summed E-state index contributed by atoms with van der Waals surface area (Å²) >= 11 is 6.52. The molecule has 7 rings (SSSR count). The van der Waals surface area contributed by atoms with E-state index >= 15 is 0 Å². The number of aromatic nitrogens is 3. The number of hydrogen-bond donors (Lipinski definition) is 3. The monoisotopic (exact) mass is 700 g/mol. The van der Waals surface area contributed by atoms with Crippen molar-refractivity contribution in [2.45, 2.75) is 70.4 Å². The smallest absolute Gasteiger partial charge is 0.326 e. The third-order valence-electron chi connectivity index (χ3n) is 11.6. The third-order valence-corrected chi connectivity index (χ3v) is 11.9. The summed E-state index contributed by atoms with van der Waals surface area (Å²) in [6.07, 6.45) is 8.49. The minimum atomic E-state index is -0.736. The minimum absolute atomic E-state index is 0.0499. The highest BCUT2D eigenvalue weighted by Crippen LogP contribution is 2.33. The molecule has 0 spiro atoms. The van der Waals surface area contributed by atoms with Crippen LogP contribution in [0.3, 0.4) is 0 Å². The fourth-order valence-corrected chi connectivity index (χ4v) is 8.81. The van der Waals surface area contributed by atoms with E-state index in [0.29, 0.717) is 62.1 Å². The highest BCUT2D eigenvalue weighted by Gasteiger charge is 2.35. The van der Waals surface area contributed by atoms with Crippen molar-refractivity contribution in [1.82, 2.24) is 34.6 Å². The maximum absolute atomic E-state index is 14.2. The van der Waals surface area contributed by atoms with Crippen LogP contribution in [0.4, 0.5) is 10.5 Å². The van der Waals surface area contributed by atoms with Crippen LogP contribution in [-0.4, -0.2) is 93.5 Å². The normalized spacial score (nSPS) is 19.3. The van der Waals surface area contributed by atoms with Crippen LogP contribution >= 0.6 is 11.6 Å². The topological polar surface area (TPSA) is 133 Å². The number of nitrogens with zero attached hydrogens (tertiary/aromatic N) is 5. The predicted molar refractivity (Wildman–Crippen MR) is 198 cm³/mol. The Morgan fingerprint density at radius 3 is 2.34 bits per heavy atom. The fraction of sp³-hybridized carbons (Fsp3) is 0.526. The molecule has 3 aliphatic heterocycles. The van der Waals surface area contributed by atoms with E-state index in [0.717, 1.165) is 71.3 Å². The molecule has 0 saturated carbocycles. The fourth-order valence-electron chi connectivity index (χ4n) is 8.55. The number of aryl methyl sites for hydroxylation is 1. The number of anilines is 1. The molecule has 1 atom stereocenters. The van der Waals surface area contributed by atoms with Gasteiger partial charge in [0.05, 0.1) is 33.5 Å². The summed E-state index contributed by atoms with van der Waals surface area (Å²) in [6.45, 7) is 6.66. The van der Waals surface area contributed by atoms with Gasteiger partial charge in [-0.1, -0.05) is 42.8 Å². The first-order valence-electron chi connectivity index (χ1n) is 18.3. The zero-order valence-corrected chi connectivity index (χ0v) is 29.9. The molecular weight excluding hydrogens is 652 g/mol. The molecule has 11 nitrogen and oxygen atoms in total. The second-order valence-electron chi connectivity index (χ2n) is 14.6. The summed E-state index contributed by atoms with van der Waals surface area (Å²) in [7, 11) is 2.19. The van der Waals surface area contributed by atoms with Crippen molar-refractivity contribution in [1.29, 1.82) is 0 Å². The summed E-state index contributed by atoms with van der Waals surface area (Å²) in [4.78, 5) is 55.0. The molecule has 0 radical (unpaired) electrons. The summed E-state index contributed by atoms with van der Waals surface area (Å²) in [5.41, 5.74) is 10.8. The van der Waals surface area contributed by atoms with Gasteiger partial charge in [0.2, 0.25) is 5.91 Å². The van der Waals surface area contributed by atoms with Crippen molar-refractivity contribution in [2.24, 2.45) is 11.8 Å². The van der Waals surface area contributed by atoms with E-state index in [1.54, 1.807) is 15.7 Å². The average molecular weight is 701 g/mol. The first-order chi connectivity index (χ1) is 24.2. The molecule has 3 amide bonds. The van der Waals surface area contributed by atoms with E-state index in [1.165, 1.54) is 12.8 Å². The number of halogens is 1. The maximum Gasteiger partial charge on any atom is 0.326 e. The lowest BCUT2D eigenvalue weighted by Crippen LogP contribution is -2.55. The number of benzene rings is 2. The van der Waals surface area contributed by atoms with Crippen LogP contribution in [-0.2, 0) is 17.6 Å². The SMILES string of the molecule is CCc1cc(C[C@@H](NC(=O)N2CCC(n3c(=O)[nH]c4c5ccccc5ncc43)CC2)C(=O)N2CCC(C3CCN(C)CC3)CC2)cc(Cl)c1N. The van der Waals surface area contributed by atoms with Gasteiger partial charge in [0.1, 0.15) is 6.04 Å². The molecule has 50 heavy (non-hydrogen) atoms. The Hall–Kier alpha value is -4.09. The van der Waals surface area contributed by atoms with E-state index in [2.05, 4.69) is 27.2 Å².